The van der Waals surface area contributed by atoms with Crippen LogP contribution in [0, 0.1) is 0 Å². The number of ether oxygens (including phenoxy) is 1. The highest BCUT2D eigenvalue weighted by molar-refractivity contribution is 6.10. The van der Waals surface area contributed by atoms with Gasteiger partial charge in [-0.3, -0.25) is 4.98 Å². The molecule has 0 aliphatic carbocycles. The van der Waals surface area contributed by atoms with Crippen molar-refractivity contribution < 1.29 is 4.74 Å². The van der Waals surface area contributed by atoms with Crippen molar-refractivity contribution in [3.8, 4) is 56.1 Å². The molecule has 3 nitrogen and oxygen atoms in total. The van der Waals surface area contributed by atoms with Crippen molar-refractivity contribution in [2.24, 2.45) is 0 Å². The maximum absolute atomic E-state index is 6.53. The van der Waals surface area contributed by atoms with E-state index in [1.165, 1.54) is 22.1 Å². The molecule has 9 rings (SSSR count). The third-order valence-corrected chi connectivity index (χ3v) is 8.53. The Morgan fingerprint density at radius 3 is 2.09 bits per heavy atom. The molecule has 0 saturated carbocycles. The van der Waals surface area contributed by atoms with Gasteiger partial charge in [-0.15, -0.1) is 0 Å². The van der Waals surface area contributed by atoms with Gasteiger partial charge >= 0.3 is 0 Å². The highest BCUT2D eigenvalue weighted by atomic mass is 16.5. The fraction of sp³-hybridized carbons (Fsp3) is 0. The highest BCUT2D eigenvalue weighted by Crippen LogP contribution is 2.49. The van der Waals surface area contributed by atoms with Crippen LogP contribution in [0.15, 0.2) is 146 Å². The maximum Gasteiger partial charge on any atom is 0.135 e. The number of nitrogens with zero attached hydrogens (tertiary/aromatic N) is 2. The quantitative estimate of drug-likeness (QED) is 0.206. The van der Waals surface area contributed by atoms with Crippen LogP contribution in [0.25, 0.3) is 77.2 Å². The minimum Gasteiger partial charge on any atom is -0.456 e. The van der Waals surface area contributed by atoms with Gasteiger partial charge in [0.25, 0.3) is 0 Å². The van der Waals surface area contributed by atoms with Crippen molar-refractivity contribution in [2.75, 3.05) is 0 Å². The van der Waals surface area contributed by atoms with Crippen molar-refractivity contribution in [2.45, 2.75) is 0 Å². The third kappa shape index (κ3) is 3.83. The molecule has 43 heavy (non-hydrogen) atoms. The maximum atomic E-state index is 6.53. The predicted octanol–water partition coefficient (Wildman–Crippen LogP) is 10.7. The molecule has 0 unspecified atom stereocenters. The van der Waals surface area contributed by atoms with Crippen LogP contribution in [0.4, 0.5) is 0 Å². The molecule has 1 aliphatic rings. The lowest BCUT2D eigenvalue weighted by atomic mass is 9.89. The van der Waals surface area contributed by atoms with E-state index in [4.69, 9.17) is 9.72 Å². The van der Waals surface area contributed by atoms with Gasteiger partial charge in [0.15, 0.2) is 0 Å². The van der Waals surface area contributed by atoms with E-state index in [2.05, 4.69) is 132 Å². The topological polar surface area (TPSA) is 35.0 Å². The largest absolute Gasteiger partial charge is 0.456 e. The first-order valence-corrected chi connectivity index (χ1v) is 14.5. The molecule has 0 bridgehead atoms. The number of fused-ring (bicyclic) bond motifs is 5. The summed E-state index contributed by atoms with van der Waals surface area (Å²) in [6.07, 6.45) is 1.83. The molecule has 0 saturated heterocycles. The number of hydrogen-bond acceptors (Lipinski definition) is 3. The standard InChI is InChI=1S/C40H24N2O/c1-2-6-25(7-3-1)30-17-19-32-34-10-4-9-33-31(20-22-36(38(33)34)43-37(32)24-30)26-11-13-27(14-12-26)35-21-18-29-16-15-28-8-5-23-41-39(28)40(29)42-35/h1-24H. The molecule has 6 aromatic carbocycles. The minimum absolute atomic E-state index is 0.893. The van der Waals surface area contributed by atoms with Crippen LogP contribution in [0.2, 0.25) is 0 Å². The van der Waals surface area contributed by atoms with E-state index in [1.807, 2.05) is 18.3 Å². The number of hydrogen-bond donors (Lipinski definition) is 0. The van der Waals surface area contributed by atoms with Gasteiger partial charge in [0.1, 0.15) is 11.5 Å². The first kappa shape index (κ1) is 23.9. The van der Waals surface area contributed by atoms with E-state index in [9.17, 15) is 0 Å². The molecule has 3 heterocycles. The molecule has 3 heteroatoms. The fourth-order valence-corrected chi connectivity index (χ4v) is 6.40. The van der Waals surface area contributed by atoms with Gasteiger partial charge in [0.05, 0.1) is 16.7 Å². The van der Waals surface area contributed by atoms with Crippen LogP contribution >= 0.6 is 0 Å². The summed E-state index contributed by atoms with van der Waals surface area (Å²) in [5.74, 6) is 1.79. The lowest BCUT2D eigenvalue weighted by molar-refractivity contribution is 0.487. The Bertz CT molecular complexity index is 2360. The zero-order valence-electron chi connectivity index (χ0n) is 23.2. The van der Waals surface area contributed by atoms with Gasteiger partial charge in [-0.1, -0.05) is 109 Å². The second-order valence-corrected chi connectivity index (χ2v) is 11.0. The van der Waals surface area contributed by atoms with Crippen molar-refractivity contribution in [1.82, 2.24) is 9.97 Å². The van der Waals surface area contributed by atoms with Crippen molar-refractivity contribution in [1.29, 1.82) is 0 Å². The zero-order chi connectivity index (χ0) is 28.3. The van der Waals surface area contributed by atoms with Crippen LogP contribution in [-0.2, 0) is 0 Å². The van der Waals surface area contributed by atoms with Gasteiger partial charge in [0, 0.05) is 33.5 Å². The average molecular weight is 549 g/mol. The third-order valence-electron chi connectivity index (χ3n) is 8.53. The van der Waals surface area contributed by atoms with Gasteiger partial charge < -0.3 is 4.74 Å². The van der Waals surface area contributed by atoms with E-state index in [-0.39, 0.29) is 0 Å². The molecule has 0 spiro atoms. The minimum atomic E-state index is 0.893. The van der Waals surface area contributed by atoms with Gasteiger partial charge in [-0.25, -0.2) is 4.98 Å². The average Bonchev–Trinajstić information content (AvgIpc) is 3.08. The second-order valence-electron chi connectivity index (χ2n) is 11.0. The zero-order valence-corrected chi connectivity index (χ0v) is 23.2. The molecule has 1 aliphatic heterocycles. The molecular weight excluding hydrogens is 524 g/mol. The Balaban J connectivity index is 1.11. The molecule has 0 amide bonds. The molecule has 2 aromatic heterocycles. The SMILES string of the molecule is c1ccc(-c2ccc3c(c2)Oc2ccc(-c4ccc(-c5ccc6ccc7cccnc7c6n5)cc4)c4cccc-3c24)cc1. The fourth-order valence-electron chi connectivity index (χ4n) is 6.40. The summed E-state index contributed by atoms with van der Waals surface area (Å²) in [7, 11) is 0. The number of aromatic nitrogens is 2. The Labute approximate surface area is 248 Å². The van der Waals surface area contributed by atoms with Crippen molar-refractivity contribution >= 4 is 32.6 Å². The normalized spacial score (nSPS) is 11.9. The summed E-state index contributed by atoms with van der Waals surface area (Å²) in [6.45, 7) is 0. The molecule has 8 aromatic rings. The lowest BCUT2D eigenvalue weighted by Crippen LogP contribution is -1.98. The Morgan fingerprint density at radius 1 is 0.442 bits per heavy atom. The van der Waals surface area contributed by atoms with Crippen LogP contribution in [0.3, 0.4) is 0 Å². The molecule has 200 valence electrons. The van der Waals surface area contributed by atoms with Crippen LogP contribution < -0.4 is 4.74 Å². The van der Waals surface area contributed by atoms with E-state index >= 15 is 0 Å². The van der Waals surface area contributed by atoms with Gasteiger partial charge in [-0.2, -0.15) is 0 Å². The Morgan fingerprint density at radius 2 is 1.21 bits per heavy atom. The lowest BCUT2D eigenvalue weighted by Gasteiger charge is -2.23. The van der Waals surface area contributed by atoms with Crippen LogP contribution in [0.1, 0.15) is 0 Å². The van der Waals surface area contributed by atoms with E-state index in [1.54, 1.807) is 0 Å². The van der Waals surface area contributed by atoms with Crippen LogP contribution in [-0.4, -0.2) is 9.97 Å². The first-order chi connectivity index (χ1) is 21.3. The number of benzene rings is 6. The summed E-state index contributed by atoms with van der Waals surface area (Å²) in [4.78, 5) is 9.65. The summed E-state index contributed by atoms with van der Waals surface area (Å²) < 4.78 is 6.53. The van der Waals surface area contributed by atoms with E-state index < -0.39 is 0 Å². The first-order valence-electron chi connectivity index (χ1n) is 14.5. The molecular formula is C40H24N2O. The summed E-state index contributed by atoms with van der Waals surface area (Å²) >= 11 is 0. The van der Waals surface area contributed by atoms with Crippen LogP contribution in [0.5, 0.6) is 11.5 Å². The van der Waals surface area contributed by atoms with Crippen molar-refractivity contribution in [3.05, 3.63) is 146 Å². The van der Waals surface area contributed by atoms with Gasteiger partial charge in [-0.05, 0) is 63.5 Å². The molecule has 0 N–H and O–H groups in total. The Hall–Kier alpha value is -5.80. The Kier molecular flexibility index (Phi) is 5.20. The monoisotopic (exact) mass is 548 g/mol. The van der Waals surface area contributed by atoms with Crippen molar-refractivity contribution in [3.63, 3.8) is 0 Å². The number of pyridine rings is 2. The van der Waals surface area contributed by atoms with E-state index in [0.717, 1.165) is 66.6 Å². The summed E-state index contributed by atoms with van der Waals surface area (Å²) in [5, 5.41) is 4.53. The second kappa shape index (κ2) is 9.37. The smallest absolute Gasteiger partial charge is 0.135 e. The number of rotatable bonds is 3. The van der Waals surface area contributed by atoms with E-state index in [0.29, 0.717) is 0 Å². The predicted molar refractivity (Wildman–Crippen MR) is 176 cm³/mol. The molecule has 0 atom stereocenters. The molecule has 0 fully saturated rings. The highest BCUT2D eigenvalue weighted by Gasteiger charge is 2.22. The van der Waals surface area contributed by atoms with Gasteiger partial charge in [0.2, 0.25) is 0 Å². The summed E-state index contributed by atoms with van der Waals surface area (Å²) in [5.41, 5.74) is 10.9. The summed E-state index contributed by atoms with van der Waals surface area (Å²) in [6, 6.07) is 49.0. The molecule has 0 radical (unpaired) electrons.